The van der Waals surface area contributed by atoms with Crippen LogP contribution in [0.1, 0.15) is 21.2 Å². The molecule has 1 aromatic carbocycles. The fraction of sp³-hybridized carbons (Fsp3) is 0.333. The van der Waals surface area contributed by atoms with Crippen LogP contribution in [0.2, 0.25) is 0 Å². The lowest BCUT2D eigenvalue weighted by molar-refractivity contribution is 0.177. The molecule has 1 aromatic rings. The van der Waals surface area contributed by atoms with E-state index >= 15 is 0 Å². The molecule has 1 rings (SSSR count). The SMILES string of the molecule is [2H]c1c([2H])c(O)c([2H])c([C@@]([2H])(O)C([2H])([2H])NC)c1[2H]. The monoisotopic (exact) mass is 174 g/mol. The number of phenols is 1. The number of nitrogens with one attached hydrogen (secondary N) is 1. The van der Waals surface area contributed by atoms with Crippen molar-refractivity contribution in [3.8, 4) is 5.75 Å². The molecule has 0 aliphatic rings. The van der Waals surface area contributed by atoms with Crippen molar-refractivity contribution in [3.63, 3.8) is 0 Å². The Morgan fingerprint density at radius 3 is 3.25 bits per heavy atom. The molecule has 0 spiro atoms. The minimum Gasteiger partial charge on any atom is -0.508 e. The van der Waals surface area contributed by atoms with E-state index in [1.165, 1.54) is 0 Å². The predicted octanol–water partition coefficient (Wildman–Crippen LogP) is 0.645. The number of likely N-dealkylation sites (N-methyl/N-ethyl adjacent to an activating group) is 1. The molecule has 66 valence electrons. The fourth-order valence-corrected chi connectivity index (χ4v) is 0.633. The van der Waals surface area contributed by atoms with Gasteiger partial charge < -0.3 is 15.5 Å². The lowest BCUT2D eigenvalue weighted by atomic mass is 10.1. The third-order valence-corrected chi connectivity index (χ3v) is 1.09. The van der Waals surface area contributed by atoms with Gasteiger partial charge in [-0.15, -0.1) is 0 Å². The van der Waals surface area contributed by atoms with E-state index in [0.717, 1.165) is 7.05 Å². The molecule has 0 aromatic heterocycles. The van der Waals surface area contributed by atoms with Crippen molar-refractivity contribution in [1.29, 1.82) is 0 Å². The largest absolute Gasteiger partial charge is 0.508 e. The van der Waals surface area contributed by atoms with Crippen molar-refractivity contribution in [2.24, 2.45) is 0 Å². The first-order chi connectivity index (χ1) is 8.49. The summed E-state index contributed by atoms with van der Waals surface area (Å²) >= 11 is 0. The van der Waals surface area contributed by atoms with E-state index < -0.39 is 48.1 Å². The van der Waals surface area contributed by atoms with Gasteiger partial charge in [-0.05, 0) is 24.7 Å². The van der Waals surface area contributed by atoms with E-state index in [2.05, 4.69) is 0 Å². The van der Waals surface area contributed by atoms with Crippen molar-refractivity contribution in [1.82, 2.24) is 5.32 Å². The lowest BCUT2D eigenvalue weighted by Crippen LogP contribution is -2.16. The van der Waals surface area contributed by atoms with Crippen LogP contribution in [-0.4, -0.2) is 23.8 Å². The van der Waals surface area contributed by atoms with Crippen LogP contribution in [0, 0.1) is 0 Å². The highest BCUT2D eigenvalue weighted by Gasteiger charge is 2.05. The molecule has 1 atom stereocenters. The Labute approximate surface area is 81.5 Å². The molecule has 0 radical (unpaired) electrons. The summed E-state index contributed by atoms with van der Waals surface area (Å²) in [4.78, 5) is 0. The third-order valence-electron chi connectivity index (χ3n) is 1.09. The molecule has 0 amide bonds. The van der Waals surface area contributed by atoms with Crippen LogP contribution in [0.3, 0.4) is 0 Å². The minimum atomic E-state index is -3.07. The van der Waals surface area contributed by atoms with Gasteiger partial charge in [0.15, 0.2) is 0 Å². The molecule has 0 bridgehead atoms. The van der Waals surface area contributed by atoms with E-state index in [1.54, 1.807) is 0 Å². The van der Waals surface area contributed by atoms with E-state index in [0.29, 0.717) is 0 Å². The van der Waals surface area contributed by atoms with Crippen molar-refractivity contribution in [2.45, 2.75) is 6.08 Å². The Hall–Kier alpha value is -1.06. The van der Waals surface area contributed by atoms with Gasteiger partial charge in [0.05, 0.1) is 12.9 Å². The quantitative estimate of drug-likeness (QED) is 0.630. The van der Waals surface area contributed by atoms with Crippen molar-refractivity contribution in [2.75, 3.05) is 13.5 Å². The third kappa shape index (κ3) is 2.22. The first kappa shape index (κ1) is 3.36. The van der Waals surface area contributed by atoms with Crippen LogP contribution < -0.4 is 5.32 Å². The zero-order chi connectivity index (χ0) is 15.2. The van der Waals surface area contributed by atoms with Crippen LogP contribution in [0.25, 0.3) is 0 Å². The first-order valence-corrected chi connectivity index (χ1v) is 3.20. The van der Waals surface area contributed by atoms with Gasteiger partial charge in [-0.2, -0.15) is 0 Å². The van der Waals surface area contributed by atoms with E-state index in [-0.39, 0.29) is 0 Å². The minimum absolute atomic E-state index is 0.778. The Bertz CT molecular complexity index is 489. The summed E-state index contributed by atoms with van der Waals surface area (Å²) in [5, 5.41) is 21.5. The Morgan fingerprint density at radius 2 is 2.58 bits per heavy atom. The molecule has 0 aliphatic carbocycles. The number of benzene rings is 1. The van der Waals surface area contributed by atoms with Crippen molar-refractivity contribution in [3.05, 3.63) is 29.7 Å². The van der Waals surface area contributed by atoms with Gasteiger partial charge in [-0.25, -0.2) is 0 Å². The maximum Gasteiger partial charge on any atom is 0.115 e. The number of hydrogen-bond acceptors (Lipinski definition) is 3. The van der Waals surface area contributed by atoms with Crippen molar-refractivity contribution >= 4 is 0 Å². The second-order valence-corrected chi connectivity index (χ2v) is 1.95. The normalized spacial score (nSPS) is 25.0. The molecule has 0 fully saturated rings. The summed E-state index contributed by atoms with van der Waals surface area (Å²) < 4.78 is 52.4. The molecule has 3 heteroatoms. The Balaban J connectivity index is 3.70. The molecule has 12 heavy (non-hydrogen) atoms. The van der Waals surface area contributed by atoms with Crippen LogP contribution >= 0.6 is 0 Å². The average Bonchev–Trinajstić information content (AvgIpc) is 2.33. The fourth-order valence-electron chi connectivity index (χ4n) is 0.633. The number of aromatic hydroxyl groups is 1. The van der Waals surface area contributed by atoms with Gasteiger partial charge in [0, 0.05) is 9.24 Å². The summed E-state index contributed by atoms with van der Waals surface area (Å²) in [6.07, 6.45) is -3.07. The van der Waals surface area contributed by atoms with Gasteiger partial charge in [-0.3, -0.25) is 0 Å². The average molecular weight is 174 g/mol. The van der Waals surface area contributed by atoms with Crippen LogP contribution in [-0.2, 0) is 0 Å². The smallest absolute Gasteiger partial charge is 0.115 e. The van der Waals surface area contributed by atoms with Gasteiger partial charge >= 0.3 is 0 Å². The topological polar surface area (TPSA) is 52.5 Å². The maximum absolute atomic E-state index is 9.95. The Morgan fingerprint density at radius 1 is 1.83 bits per heavy atom. The highest BCUT2D eigenvalue weighted by molar-refractivity contribution is 5.28. The summed E-state index contributed by atoms with van der Waals surface area (Å²) in [7, 11) is 1.13. The van der Waals surface area contributed by atoms with Crippen molar-refractivity contribution < 1.29 is 19.8 Å². The molecule has 3 nitrogen and oxygen atoms in total. The molecular formula is C9H13NO2. The molecule has 0 aliphatic heterocycles. The van der Waals surface area contributed by atoms with Crippen LogP contribution in [0.4, 0.5) is 0 Å². The summed E-state index contributed by atoms with van der Waals surface area (Å²) in [5.74, 6) is -0.978. The number of aliphatic hydroxyl groups is 1. The van der Waals surface area contributed by atoms with E-state index in [9.17, 15) is 10.2 Å². The predicted molar refractivity (Wildman–Crippen MR) is 47.0 cm³/mol. The number of phenolic OH excluding ortho intramolecular Hbond substituents is 1. The second kappa shape index (κ2) is 4.09. The standard InChI is InChI=1S/C9H13NO2/c1-10-6-9(12)7-3-2-4-8(11)5-7/h2-5,9-12H,6H2,1H3/t9-/m0/s1/i2D,3D,4D,5D,6D2,9D. The summed E-state index contributed by atoms with van der Waals surface area (Å²) in [6, 6.07) is -3.33. The molecule has 0 saturated heterocycles. The van der Waals surface area contributed by atoms with Gasteiger partial charge in [0.1, 0.15) is 5.75 Å². The Kier molecular flexibility index (Phi) is 1.14. The first-order valence-electron chi connectivity index (χ1n) is 6.70. The molecule has 0 unspecified atom stereocenters. The van der Waals surface area contributed by atoms with E-state index in [1.807, 2.05) is 5.32 Å². The lowest BCUT2D eigenvalue weighted by Gasteiger charge is -2.09. The summed E-state index contributed by atoms with van der Waals surface area (Å²) in [6.45, 7) is -2.72. The molecule has 0 heterocycles. The highest BCUT2D eigenvalue weighted by atomic mass is 16.3. The number of hydrogen-bond donors (Lipinski definition) is 3. The zero-order valence-electron chi connectivity index (χ0n) is 13.4. The van der Waals surface area contributed by atoms with Crippen LogP contribution in [0.5, 0.6) is 5.75 Å². The van der Waals surface area contributed by atoms with Crippen LogP contribution in [0.15, 0.2) is 24.2 Å². The highest BCUT2D eigenvalue weighted by Crippen LogP contribution is 2.17. The van der Waals surface area contributed by atoms with Gasteiger partial charge in [0.25, 0.3) is 0 Å². The molecule has 3 N–H and O–H groups in total. The maximum atomic E-state index is 9.95. The van der Waals surface area contributed by atoms with Gasteiger partial charge in [-0.1, -0.05) is 12.1 Å². The van der Waals surface area contributed by atoms with Gasteiger partial charge in [0.2, 0.25) is 0 Å². The molecular weight excluding hydrogens is 154 g/mol. The second-order valence-electron chi connectivity index (χ2n) is 1.95. The zero-order valence-corrected chi connectivity index (χ0v) is 6.39. The summed E-state index contributed by atoms with van der Waals surface area (Å²) in [5.41, 5.74) is -0.870. The molecule has 0 saturated carbocycles. The number of rotatable bonds is 3. The van der Waals surface area contributed by atoms with E-state index in [4.69, 9.17) is 9.60 Å².